The van der Waals surface area contributed by atoms with Gasteiger partial charge in [0, 0.05) is 18.7 Å². The minimum Gasteiger partial charge on any atom is -0.493 e. The maximum atomic E-state index is 12.9. The summed E-state index contributed by atoms with van der Waals surface area (Å²) in [6.45, 7) is 1.86. The average Bonchev–Trinajstić information content (AvgIpc) is 2.88. The number of hydrogen-bond acceptors (Lipinski definition) is 6. The van der Waals surface area contributed by atoms with Crippen LogP contribution in [-0.2, 0) is 14.8 Å². The van der Waals surface area contributed by atoms with Crippen LogP contribution in [0.25, 0.3) is 0 Å². The first-order valence-electron chi connectivity index (χ1n) is 9.47. The molecular formula is C19H26N2O6S. The van der Waals surface area contributed by atoms with Crippen molar-refractivity contribution in [1.82, 2.24) is 9.21 Å². The van der Waals surface area contributed by atoms with E-state index in [1.807, 2.05) is 6.92 Å². The van der Waals surface area contributed by atoms with E-state index < -0.39 is 22.5 Å². The number of ether oxygens (including phenoxy) is 2. The van der Waals surface area contributed by atoms with Crippen molar-refractivity contribution in [2.45, 2.75) is 50.0 Å². The van der Waals surface area contributed by atoms with Crippen LogP contribution in [0.3, 0.4) is 0 Å². The summed E-state index contributed by atoms with van der Waals surface area (Å²) in [4.78, 5) is 27.2. The van der Waals surface area contributed by atoms with Gasteiger partial charge in [-0.05, 0) is 25.8 Å². The predicted octanol–water partition coefficient (Wildman–Crippen LogP) is 2.03. The molecule has 0 bridgehead atoms. The molecule has 0 atom stereocenters. The van der Waals surface area contributed by atoms with E-state index in [2.05, 4.69) is 0 Å². The van der Waals surface area contributed by atoms with E-state index in [4.69, 9.17) is 9.47 Å². The standard InChI is InChI=1S/C19H26N2O6S/c1-4-20(13-8-6-5-7-9-13)18(22)12-21-19(23)14-10-15(26-2)16(27-3)11-17(14)28(21,24)25/h10-11,13H,4-9,12H2,1-3H3. The van der Waals surface area contributed by atoms with Gasteiger partial charge in [0.25, 0.3) is 15.9 Å². The van der Waals surface area contributed by atoms with Crippen molar-refractivity contribution in [2.75, 3.05) is 27.3 Å². The summed E-state index contributed by atoms with van der Waals surface area (Å²) in [6.07, 6.45) is 5.09. The molecule has 1 fully saturated rings. The molecule has 8 nitrogen and oxygen atoms in total. The fourth-order valence-corrected chi connectivity index (χ4v) is 5.52. The maximum Gasteiger partial charge on any atom is 0.269 e. The molecule has 1 saturated carbocycles. The van der Waals surface area contributed by atoms with Crippen LogP contribution in [0.15, 0.2) is 17.0 Å². The lowest BCUT2D eigenvalue weighted by Gasteiger charge is -2.34. The van der Waals surface area contributed by atoms with Crippen LogP contribution in [0.5, 0.6) is 11.5 Å². The van der Waals surface area contributed by atoms with Crippen LogP contribution in [0.4, 0.5) is 0 Å². The second-order valence-electron chi connectivity index (χ2n) is 6.99. The summed E-state index contributed by atoms with van der Waals surface area (Å²) in [5.41, 5.74) is -0.00818. The third-order valence-corrected chi connectivity index (χ3v) is 7.23. The van der Waals surface area contributed by atoms with Crippen LogP contribution in [0.1, 0.15) is 49.4 Å². The van der Waals surface area contributed by atoms with E-state index in [9.17, 15) is 18.0 Å². The Labute approximate surface area is 165 Å². The van der Waals surface area contributed by atoms with Crippen molar-refractivity contribution in [1.29, 1.82) is 0 Å². The van der Waals surface area contributed by atoms with E-state index in [1.54, 1.807) is 4.90 Å². The number of carbonyl (C=O) groups is 2. The number of benzene rings is 1. The molecule has 1 aliphatic carbocycles. The molecule has 1 aromatic carbocycles. The first-order chi connectivity index (χ1) is 13.3. The zero-order valence-corrected chi connectivity index (χ0v) is 17.3. The van der Waals surface area contributed by atoms with Crippen molar-refractivity contribution >= 4 is 21.8 Å². The summed E-state index contributed by atoms with van der Waals surface area (Å²) >= 11 is 0. The summed E-state index contributed by atoms with van der Waals surface area (Å²) in [5.74, 6) is -0.597. The van der Waals surface area contributed by atoms with Crippen molar-refractivity contribution in [3.05, 3.63) is 17.7 Å². The number of carbonyl (C=O) groups excluding carboxylic acids is 2. The molecule has 154 valence electrons. The number of methoxy groups -OCH3 is 2. The van der Waals surface area contributed by atoms with Crippen LogP contribution in [0, 0.1) is 0 Å². The van der Waals surface area contributed by atoms with E-state index in [0.29, 0.717) is 10.8 Å². The Morgan fingerprint density at radius 1 is 1.14 bits per heavy atom. The molecule has 1 heterocycles. The molecule has 0 aromatic heterocycles. The number of nitrogens with zero attached hydrogens (tertiary/aromatic N) is 2. The van der Waals surface area contributed by atoms with Gasteiger partial charge in [0.1, 0.15) is 11.4 Å². The summed E-state index contributed by atoms with van der Waals surface area (Å²) in [5, 5.41) is 0. The van der Waals surface area contributed by atoms with Crippen LogP contribution in [0.2, 0.25) is 0 Å². The van der Waals surface area contributed by atoms with E-state index in [1.165, 1.54) is 26.4 Å². The number of fused-ring (bicyclic) bond motifs is 1. The predicted molar refractivity (Wildman–Crippen MR) is 102 cm³/mol. The lowest BCUT2D eigenvalue weighted by Crippen LogP contribution is -2.47. The lowest BCUT2D eigenvalue weighted by molar-refractivity contribution is -0.133. The zero-order valence-electron chi connectivity index (χ0n) is 16.4. The van der Waals surface area contributed by atoms with Gasteiger partial charge in [-0.15, -0.1) is 0 Å². The average molecular weight is 410 g/mol. The van der Waals surface area contributed by atoms with Crippen molar-refractivity contribution in [2.24, 2.45) is 0 Å². The smallest absolute Gasteiger partial charge is 0.269 e. The van der Waals surface area contributed by atoms with Gasteiger partial charge in [-0.25, -0.2) is 12.7 Å². The van der Waals surface area contributed by atoms with Gasteiger partial charge < -0.3 is 14.4 Å². The van der Waals surface area contributed by atoms with Crippen LogP contribution < -0.4 is 9.47 Å². The molecule has 28 heavy (non-hydrogen) atoms. The van der Waals surface area contributed by atoms with Crippen LogP contribution in [-0.4, -0.2) is 62.8 Å². The lowest BCUT2D eigenvalue weighted by atomic mass is 9.94. The monoisotopic (exact) mass is 410 g/mol. The molecule has 2 amide bonds. The third kappa shape index (κ3) is 3.43. The largest absolute Gasteiger partial charge is 0.493 e. The van der Waals surface area contributed by atoms with Gasteiger partial charge in [-0.2, -0.15) is 0 Å². The molecule has 0 saturated heterocycles. The van der Waals surface area contributed by atoms with Crippen molar-refractivity contribution in [3.63, 3.8) is 0 Å². The van der Waals surface area contributed by atoms with Crippen molar-refractivity contribution in [3.8, 4) is 11.5 Å². The van der Waals surface area contributed by atoms with Crippen molar-refractivity contribution < 1.29 is 27.5 Å². The minimum absolute atomic E-state index is 0.00818. The molecule has 0 spiro atoms. The quantitative estimate of drug-likeness (QED) is 0.712. The SMILES string of the molecule is CCN(C(=O)CN1C(=O)c2cc(OC)c(OC)cc2S1(=O)=O)C1CCCCC1. The Kier molecular flexibility index (Phi) is 5.83. The summed E-state index contributed by atoms with van der Waals surface area (Å²) in [6, 6.07) is 2.72. The minimum atomic E-state index is -4.12. The van der Waals surface area contributed by atoms with E-state index in [0.717, 1.165) is 32.1 Å². The highest BCUT2D eigenvalue weighted by molar-refractivity contribution is 7.90. The fourth-order valence-electron chi connectivity index (χ4n) is 4.00. The van der Waals surface area contributed by atoms with E-state index >= 15 is 0 Å². The number of sulfonamides is 1. The Balaban J connectivity index is 1.88. The van der Waals surface area contributed by atoms with Crippen LogP contribution >= 0.6 is 0 Å². The number of rotatable bonds is 6. The highest BCUT2D eigenvalue weighted by atomic mass is 32.2. The zero-order chi connectivity index (χ0) is 20.5. The number of likely N-dealkylation sites (N-methyl/N-ethyl adjacent to an activating group) is 1. The molecule has 9 heteroatoms. The first-order valence-corrected chi connectivity index (χ1v) is 10.9. The Morgan fingerprint density at radius 3 is 2.32 bits per heavy atom. The Bertz CT molecular complexity index is 877. The highest BCUT2D eigenvalue weighted by Gasteiger charge is 2.44. The molecule has 1 aliphatic heterocycles. The highest BCUT2D eigenvalue weighted by Crippen LogP contribution is 2.38. The molecule has 2 aliphatic rings. The third-order valence-electron chi connectivity index (χ3n) is 5.47. The number of amides is 2. The molecular weight excluding hydrogens is 384 g/mol. The second kappa shape index (κ2) is 7.98. The van der Waals surface area contributed by atoms with Gasteiger partial charge in [0.2, 0.25) is 5.91 Å². The summed E-state index contributed by atoms with van der Waals surface area (Å²) in [7, 11) is -1.33. The van der Waals surface area contributed by atoms with Gasteiger partial charge in [-0.1, -0.05) is 19.3 Å². The first kappa shape index (κ1) is 20.4. The molecule has 1 aromatic rings. The normalized spacial score (nSPS) is 18.7. The second-order valence-corrected chi connectivity index (χ2v) is 8.82. The summed E-state index contributed by atoms with van der Waals surface area (Å²) < 4.78 is 36.8. The van der Waals surface area contributed by atoms with Gasteiger partial charge in [-0.3, -0.25) is 9.59 Å². The maximum absolute atomic E-state index is 12.9. The molecule has 3 rings (SSSR count). The Morgan fingerprint density at radius 2 is 1.75 bits per heavy atom. The Hall–Kier alpha value is -2.29. The van der Waals surface area contributed by atoms with Gasteiger partial charge in [0.05, 0.1) is 19.8 Å². The topological polar surface area (TPSA) is 93.2 Å². The molecule has 0 radical (unpaired) electrons. The molecule has 0 unspecified atom stereocenters. The van der Waals surface area contributed by atoms with E-state index in [-0.39, 0.29) is 33.9 Å². The number of hydrogen-bond donors (Lipinski definition) is 0. The van der Waals surface area contributed by atoms with Gasteiger partial charge >= 0.3 is 0 Å². The molecule has 0 N–H and O–H groups in total. The fraction of sp³-hybridized carbons (Fsp3) is 0.579. The van der Waals surface area contributed by atoms with Gasteiger partial charge in [0.15, 0.2) is 11.5 Å².